The SMILES string of the molecule is CNC(=O)Cc1ccc(CNC(=O)c2cc3ccc4cccc5cnc(c2)c3c45)c([N+](=O)[O-])c1.[3HH]. The number of aromatic nitrogens is 1. The normalized spacial score (nSPS) is 11.2. The third-order valence-electron chi connectivity index (χ3n) is 6.00. The second kappa shape index (κ2) is 8.40. The standard InChI is InChI=1S/C26H20N4O4.H2/c1-27-23(31)10-15-5-6-18(22(9-15)30(33)34)13-29-26(32)20-11-17-8-7-16-3-2-4-19-14-28-21(12-20)25(17)24(16)19;/h2-9,11-12,14H,10,13H2,1H3,(H,27,31)(H,29,32);1H/i;1+2. The van der Waals surface area contributed by atoms with Crippen molar-refractivity contribution >= 4 is 49.9 Å². The lowest BCUT2D eigenvalue weighted by Crippen LogP contribution is -2.23. The fraction of sp³-hybridized carbons (Fsp3) is 0.115. The quantitative estimate of drug-likeness (QED) is 0.224. The van der Waals surface area contributed by atoms with Crippen molar-refractivity contribution in [2.75, 3.05) is 7.05 Å². The van der Waals surface area contributed by atoms with E-state index < -0.39 is 4.92 Å². The van der Waals surface area contributed by atoms with Crippen LogP contribution in [0.2, 0.25) is 0 Å². The predicted octanol–water partition coefficient (Wildman–Crippen LogP) is 4.35. The van der Waals surface area contributed by atoms with Gasteiger partial charge in [0, 0.05) is 54.6 Å². The van der Waals surface area contributed by atoms with E-state index in [1.54, 1.807) is 24.4 Å². The minimum absolute atomic E-state index is 0. The van der Waals surface area contributed by atoms with Gasteiger partial charge in [-0.1, -0.05) is 42.5 Å². The highest BCUT2D eigenvalue weighted by atomic mass is 16.6. The number of likely N-dealkylation sites (N-methyl/N-ethyl adjacent to an activating group) is 1. The van der Waals surface area contributed by atoms with Gasteiger partial charge in [-0.25, -0.2) is 0 Å². The number of hydrogen-bond donors (Lipinski definition) is 2. The van der Waals surface area contributed by atoms with Gasteiger partial charge in [0.05, 0.1) is 16.9 Å². The van der Waals surface area contributed by atoms with Crippen LogP contribution in [0, 0.1) is 10.1 Å². The van der Waals surface area contributed by atoms with Gasteiger partial charge in [0.25, 0.3) is 11.6 Å². The van der Waals surface area contributed by atoms with Crippen LogP contribution in [0.3, 0.4) is 0 Å². The molecule has 0 bridgehead atoms. The van der Waals surface area contributed by atoms with E-state index in [1.165, 1.54) is 13.1 Å². The van der Waals surface area contributed by atoms with Gasteiger partial charge in [-0.3, -0.25) is 24.7 Å². The summed E-state index contributed by atoms with van der Waals surface area (Å²) in [5.41, 5.74) is 1.89. The van der Waals surface area contributed by atoms with Gasteiger partial charge >= 0.3 is 0 Å². The molecule has 0 saturated carbocycles. The Morgan fingerprint density at radius 3 is 2.59 bits per heavy atom. The fourth-order valence-corrected chi connectivity index (χ4v) is 4.32. The molecule has 0 fully saturated rings. The predicted molar refractivity (Wildman–Crippen MR) is 132 cm³/mol. The van der Waals surface area contributed by atoms with E-state index in [1.807, 2.05) is 30.3 Å². The number of amides is 2. The van der Waals surface area contributed by atoms with Gasteiger partial charge in [0.2, 0.25) is 5.91 Å². The van der Waals surface area contributed by atoms with Crippen LogP contribution in [-0.2, 0) is 17.8 Å². The van der Waals surface area contributed by atoms with Gasteiger partial charge < -0.3 is 10.6 Å². The van der Waals surface area contributed by atoms with Crippen LogP contribution in [0.1, 0.15) is 22.9 Å². The van der Waals surface area contributed by atoms with Crippen LogP contribution < -0.4 is 10.6 Å². The molecule has 0 unspecified atom stereocenters. The van der Waals surface area contributed by atoms with E-state index in [-0.39, 0.29) is 31.9 Å². The van der Waals surface area contributed by atoms with Crippen molar-refractivity contribution < 1.29 is 15.9 Å². The van der Waals surface area contributed by atoms with Gasteiger partial charge in [-0.15, -0.1) is 0 Å². The van der Waals surface area contributed by atoms with E-state index >= 15 is 0 Å². The lowest BCUT2D eigenvalue weighted by Gasteiger charge is -2.12. The number of carbonyl (C=O) groups excluding carboxylic acids is 2. The summed E-state index contributed by atoms with van der Waals surface area (Å²) in [7, 11) is 1.51. The molecule has 8 nitrogen and oxygen atoms in total. The van der Waals surface area contributed by atoms with Crippen molar-refractivity contribution in [3.05, 3.63) is 93.7 Å². The van der Waals surface area contributed by atoms with Crippen molar-refractivity contribution in [2.45, 2.75) is 13.0 Å². The Hall–Kier alpha value is -4.59. The number of nitro groups is 1. The van der Waals surface area contributed by atoms with Gasteiger partial charge in [0.1, 0.15) is 0 Å². The van der Waals surface area contributed by atoms with Crippen molar-refractivity contribution in [2.24, 2.45) is 0 Å². The molecule has 0 aliphatic carbocycles. The molecule has 8 heteroatoms. The van der Waals surface area contributed by atoms with Crippen LogP contribution in [0.4, 0.5) is 5.69 Å². The molecule has 2 N–H and O–H groups in total. The van der Waals surface area contributed by atoms with E-state index in [0.29, 0.717) is 16.7 Å². The number of nitrogens with one attached hydrogen (secondary N) is 2. The van der Waals surface area contributed by atoms with Gasteiger partial charge in [-0.2, -0.15) is 0 Å². The number of pyridine rings is 1. The molecule has 0 aliphatic rings. The smallest absolute Gasteiger partial charge is 0.274 e. The third kappa shape index (κ3) is 3.75. The lowest BCUT2D eigenvalue weighted by atomic mass is 9.96. The topological polar surface area (TPSA) is 114 Å². The third-order valence-corrected chi connectivity index (χ3v) is 6.00. The number of benzene rings is 4. The second-order valence-corrected chi connectivity index (χ2v) is 8.12. The Morgan fingerprint density at radius 2 is 1.79 bits per heavy atom. The molecule has 4 aromatic carbocycles. The first-order valence-electron chi connectivity index (χ1n) is 10.7. The maximum atomic E-state index is 13.0. The molecular formula is C26H22N4O4. The highest BCUT2D eigenvalue weighted by Crippen LogP contribution is 2.33. The Balaban J connectivity index is 0.00000289. The summed E-state index contributed by atoms with van der Waals surface area (Å²) >= 11 is 0. The maximum Gasteiger partial charge on any atom is 0.274 e. The van der Waals surface area contributed by atoms with Crippen LogP contribution in [0.15, 0.2) is 66.9 Å². The van der Waals surface area contributed by atoms with E-state index in [0.717, 1.165) is 32.4 Å². The first-order chi connectivity index (χ1) is 16.4. The first kappa shape index (κ1) is 21.3. The van der Waals surface area contributed by atoms with Gasteiger partial charge in [-0.05, 0) is 28.5 Å². The van der Waals surface area contributed by atoms with Crippen molar-refractivity contribution in [1.82, 2.24) is 15.6 Å². The molecule has 5 aromatic rings. The average molecular weight is 456 g/mol. The van der Waals surface area contributed by atoms with Crippen molar-refractivity contribution in [1.29, 1.82) is 0 Å². The van der Waals surface area contributed by atoms with Crippen molar-refractivity contribution in [3.63, 3.8) is 0 Å². The van der Waals surface area contributed by atoms with Crippen LogP contribution in [-0.4, -0.2) is 28.8 Å². The summed E-state index contributed by atoms with van der Waals surface area (Å²) in [6.45, 7) is -0.0199. The number of nitro benzene ring substituents is 1. The first-order valence-corrected chi connectivity index (χ1v) is 10.7. The Morgan fingerprint density at radius 1 is 1.00 bits per heavy atom. The number of hydrogen-bond acceptors (Lipinski definition) is 5. The largest absolute Gasteiger partial charge is 0.359 e. The van der Waals surface area contributed by atoms with Crippen LogP contribution in [0.5, 0.6) is 0 Å². The summed E-state index contributed by atoms with van der Waals surface area (Å²) in [4.78, 5) is 40.2. The van der Waals surface area contributed by atoms with E-state index in [2.05, 4.69) is 21.7 Å². The molecule has 1 heterocycles. The van der Waals surface area contributed by atoms with Crippen molar-refractivity contribution in [3.8, 4) is 0 Å². The molecule has 0 atom stereocenters. The minimum Gasteiger partial charge on any atom is -0.359 e. The Labute approximate surface area is 195 Å². The summed E-state index contributed by atoms with van der Waals surface area (Å²) in [5.74, 6) is -0.589. The number of rotatable bonds is 6. The summed E-state index contributed by atoms with van der Waals surface area (Å²) in [5, 5.41) is 22.0. The highest BCUT2D eigenvalue weighted by molar-refractivity contribution is 6.22. The van der Waals surface area contributed by atoms with Crippen LogP contribution in [0.25, 0.3) is 32.4 Å². The fourth-order valence-electron chi connectivity index (χ4n) is 4.32. The Kier molecular flexibility index (Phi) is 5.25. The monoisotopic (exact) mass is 456 g/mol. The molecule has 5 rings (SSSR count). The summed E-state index contributed by atoms with van der Waals surface area (Å²) < 4.78 is 0. The zero-order valence-corrected chi connectivity index (χ0v) is 18.3. The zero-order valence-electron chi connectivity index (χ0n) is 18.3. The molecule has 170 valence electrons. The van der Waals surface area contributed by atoms with Gasteiger partial charge in [0.15, 0.2) is 0 Å². The molecule has 0 saturated heterocycles. The highest BCUT2D eigenvalue weighted by Gasteiger charge is 2.18. The summed E-state index contributed by atoms with van der Waals surface area (Å²) in [6.07, 6.45) is 1.84. The lowest BCUT2D eigenvalue weighted by molar-refractivity contribution is -0.385. The zero-order chi connectivity index (χ0) is 23.8. The van der Waals surface area contributed by atoms with E-state index in [9.17, 15) is 19.7 Å². The molecule has 0 spiro atoms. The molecule has 34 heavy (non-hydrogen) atoms. The molecule has 0 aliphatic heterocycles. The minimum atomic E-state index is -0.508. The number of nitrogens with zero attached hydrogens (tertiary/aromatic N) is 2. The maximum absolute atomic E-state index is 13.0. The number of carbonyl (C=O) groups is 2. The summed E-state index contributed by atoms with van der Waals surface area (Å²) in [6, 6.07) is 18.2. The molecular weight excluding hydrogens is 432 g/mol. The molecule has 2 amide bonds. The van der Waals surface area contributed by atoms with Crippen LogP contribution >= 0.6 is 0 Å². The molecule has 1 aromatic heterocycles. The second-order valence-electron chi connectivity index (χ2n) is 8.12. The average Bonchev–Trinajstić information content (AvgIpc) is 2.85. The van der Waals surface area contributed by atoms with E-state index in [4.69, 9.17) is 0 Å². The Bertz CT molecular complexity index is 1540. The molecule has 0 radical (unpaired) electrons.